The zero-order valence-corrected chi connectivity index (χ0v) is 37.2. The van der Waals surface area contributed by atoms with Gasteiger partial charge in [0.05, 0.1) is 27.4 Å². The molecule has 6 aliphatic carbocycles. The number of ether oxygens (including phenoxy) is 3. The van der Waals surface area contributed by atoms with Crippen LogP contribution in [0.1, 0.15) is 78.3 Å². The van der Waals surface area contributed by atoms with E-state index in [9.17, 15) is 45.0 Å². The molecule has 6 unspecified atom stereocenters. The summed E-state index contributed by atoms with van der Waals surface area (Å²) < 4.78 is 17.8. The molecule has 346 valence electrons. The smallest absolute Gasteiger partial charge is 0.196 e. The van der Waals surface area contributed by atoms with Gasteiger partial charge in [-0.15, -0.1) is 0 Å². The molecule has 6 N–H and O–H groups in total. The summed E-state index contributed by atoms with van der Waals surface area (Å²) >= 11 is 0. The first-order chi connectivity index (χ1) is 31.5. The monoisotopic (exact) mass is 901 g/mol. The molecular weight excluding hydrogens is 847 g/mol. The van der Waals surface area contributed by atoms with Gasteiger partial charge in [-0.2, -0.15) is 0 Å². The van der Waals surface area contributed by atoms with Crippen LogP contribution in [0.4, 0.5) is 0 Å². The van der Waals surface area contributed by atoms with Crippen LogP contribution in [0.5, 0.6) is 34.5 Å². The van der Waals surface area contributed by atoms with Crippen LogP contribution in [0.3, 0.4) is 0 Å². The number of hydrogen-bond acceptors (Lipinski definition) is 15. The Labute approximate surface area is 381 Å². The van der Waals surface area contributed by atoms with E-state index < -0.39 is 51.4 Å². The van der Waals surface area contributed by atoms with Crippen molar-refractivity contribution in [2.75, 3.05) is 40.8 Å². The minimum atomic E-state index is -1.13. The van der Waals surface area contributed by atoms with E-state index >= 15 is 0 Å². The molecule has 66 heavy (non-hydrogen) atoms. The van der Waals surface area contributed by atoms with E-state index in [2.05, 4.69) is 14.7 Å². The lowest BCUT2D eigenvalue weighted by Crippen LogP contribution is -2.76. The van der Waals surface area contributed by atoms with E-state index in [1.54, 1.807) is 24.3 Å². The van der Waals surface area contributed by atoms with Gasteiger partial charge in [-0.1, -0.05) is 18.2 Å². The molecule has 5 fully saturated rings. The molecule has 3 aromatic rings. The van der Waals surface area contributed by atoms with Crippen molar-refractivity contribution in [2.45, 2.75) is 134 Å². The van der Waals surface area contributed by atoms with Crippen LogP contribution in [0.2, 0.25) is 0 Å². The fourth-order valence-electron chi connectivity index (χ4n) is 16.2. The minimum absolute atomic E-state index is 0.00319. The van der Waals surface area contributed by atoms with Crippen molar-refractivity contribution < 1.29 is 59.2 Å². The highest BCUT2D eigenvalue weighted by atomic mass is 16.5. The molecule has 15 heteroatoms. The molecular formula is C51H55N3O12. The van der Waals surface area contributed by atoms with Gasteiger partial charge in [-0.25, -0.2) is 0 Å². The summed E-state index contributed by atoms with van der Waals surface area (Å²) in [5.74, 6) is 1.43. The van der Waals surface area contributed by atoms with Crippen molar-refractivity contribution in [2.24, 2.45) is 0 Å². The van der Waals surface area contributed by atoms with Gasteiger partial charge < -0.3 is 54.6 Å². The number of likely N-dealkylation sites (N-methyl/N-ethyl adjacent to an activating group) is 3. The molecule has 0 amide bonds. The number of nitrogens with zero attached hydrogens (tertiary/aromatic N) is 3. The topological polar surface area (TPSA) is 210 Å². The Bertz CT molecular complexity index is 2640. The number of aromatic hydroxyl groups is 3. The van der Waals surface area contributed by atoms with Gasteiger partial charge in [-0.05, 0) is 139 Å². The number of carbonyl (C=O) groups excluding carboxylic acids is 3. The lowest BCUT2D eigenvalue weighted by Gasteiger charge is -2.61. The van der Waals surface area contributed by atoms with Crippen LogP contribution in [-0.2, 0) is 49.9 Å². The second kappa shape index (κ2) is 12.9. The van der Waals surface area contributed by atoms with E-state index in [4.69, 9.17) is 14.2 Å². The van der Waals surface area contributed by atoms with Gasteiger partial charge >= 0.3 is 0 Å². The van der Waals surface area contributed by atoms with Crippen molar-refractivity contribution in [3.05, 3.63) is 81.9 Å². The third-order valence-corrected chi connectivity index (χ3v) is 19.2. The molecule has 3 spiro atoms. The van der Waals surface area contributed by atoms with Gasteiger partial charge in [0.25, 0.3) is 0 Å². The van der Waals surface area contributed by atoms with Crippen LogP contribution >= 0.6 is 0 Å². The van der Waals surface area contributed by atoms with Crippen molar-refractivity contribution in [3.8, 4) is 34.5 Å². The molecule has 6 aliphatic heterocycles. The highest BCUT2D eigenvalue weighted by Gasteiger charge is 2.75. The van der Waals surface area contributed by atoms with E-state index in [1.807, 2.05) is 39.3 Å². The Balaban J connectivity index is 0.0000000988. The molecule has 12 aliphatic rings. The fourth-order valence-corrected chi connectivity index (χ4v) is 16.2. The lowest BCUT2D eigenvalue weighted by molar-refractivity contribution is -0.185. The number of phenolic OH excluding ortho intramolecular Hbond substituents is 3. The summed E-state index contributed by atoms with van der Waals surface area (Å²) in [5, 5.41) is 65.4. The van der Waals surface area contributed by atoms with Crippen molar-refractivity contribution in [1.82, 2.24) is 14.7 Å². The van der Waals surface area contributed by atoms with Crippen molar-refractivity contribution >= 4 is 17.3 Å². The number of benzene rings is 3. The average molecular weight is 902 g/mol. The number of aliphatic hydroxyl groups is 3. The first-order valence-electron chi connectivity index (χ1n) is 23.6. The molecule has 15 nitrogen and oxygen atoms in total. The molecule has 0 radical (unpaired) electrons. The van der Waals surface area contributed by atoms with Gasteiger partial charge in [0.1, 0.15) is 5.60 Å². The lowest BCUT2D eigenvalue weighted by atomic mass is 9.49. The summed E-state index contributed by atoms with van der Waals surface area (Å²) in [6, 6.07) is 10.6. The van der Waals surface area contributed by atoms with Crippen LogP contribution in [0.15, 0.2) is 48.6 Å². The van der Waals surface area contributed by atoms with Gasteiger partial charge in [-0.3, -0.25) is 19.3 Å². The Kier molecular flexibility index (Phi) is 8.07. The Morgan fingerprint density at radius 1 is 0.515 bits per heavy atom. The van der Waals surface area contributed by atoms with Crippen molar-refractivity contribution in [3.63, 3.8) is 0 Å². The van der Waals surface area contributed by atoms with E-state index in [0.29, 0.717) is 68.6 Å². The maximum Gasteiger partial charge on any atom is 0.196 e. The number of hydrogen-bond donors (Lipinski definition) is 6. The van der Waals surface area contributed by atoms with E-state index in [-0.39, 0.29) is 52.7 Å². The molecule has 0 aromatic heterocycles. The number of carbonyl (C=O) groups is 3. The van der Waals surface area contributed by atoms with E-state index in [0.717, 1.165) is 65.9 Å². The first-order valence-corrected chi connectivity index (χ1v) is 23.6. The molecule has 3 saturated heterocycles. The SMILES string of the molecule is CN1CCC23c4c5ccc(O)c4O[C@H]2C(=O)C=C[C@@]3(O)C1C5.CN1CCC23c4c5ccc(O)c4O[C@H]2C(=O)CC[C@@]3(O)C1C5.CN1CCC23c4c5ccc(O)c4O[C@H]2C(=O)CC[C@@]3(O)C1C5. The quantitative estimate of drug-likeness (QED) is 0.191. The number of phenols is 3. The molecule has 6 bridgehead atoms. The fraction of sp³-hybridized carbons (Fsp3) is 0.549. The Hall–Kier alpha value is -5.03. The van der Waals surface area contributed by atoms with Crippen LogP contribution < -0.4 is 14.2 Å². The van der Waals surface area contributed by atoms with Crippen LogP contribution in [0, 0.1) is 0 Å². The molecule has 2 saturated carbocycles. The Morgan fingerprint density at radius 2 is 0.894 bits per heavy atom. The summed E-state index contributed by atoms with van der Waals surface area (Å²) in [4.78, 5) is 44.1. The molecule has 12 atom stereocenters. The molecule has 15 rings (SSSR count). The third kappa shape index (κ3) is 4.45. The molecule has 6 heterocycles. The van der Waals surface area contributed by atoms with Crippen LogP contribution in [0.25, 0.3) is 0 Å². The minimum Gasteiger partial charge on any atom is -0.504 e. The second-order valence-electron chi connectivity index (χ2n) is 21.4. The number of likely N-dealkylation sites (tertiary alicyclic amines) is 3. The molecule has 3 aromatic carbocycles. The van der Waals surface area contributed by atoms with Gasteiger partial charge in [0.15, 0.2) is 70.2 Å². The first kappa shape index (κ1) is 41.2. The largest absolute Gasteiger partial charge is 0.504 e. The highest BCUT2D eigenvalue weighted by Crippen LogP contribution is 2.67. The average Bonchev–Trinajstić information content (AvgIpc) is 3.97. The number of rotatable bonds is 0. The number of ketones is 3. The zero-order valence-electron chi connectivity index (χ0n) is 37.2. The summed E-state index contributed by atoms with van der Waals surface area (Å²) in [6.07, 6.45) is 6.92. The van der Waals surface area contributed by atoms with Crippen molar-refractivity contribution in [1.29, 1.82) is 0 Å². The van der Waals surface area contributed by atoms with Gasteiger partial charge in [0, 0.05) is 47.7 Å². The van der Waals surface area contributed by atoms with Crippen LogP contribution in [-0.4, -0.2) is 157 Å². The standard InChI is InChI=1S/2C17H19NO4.C17H17NO4/c3*1-18-7-6-16-13-9-2-3-10(19)14(13)22-15(16)11(20)4-5-17(16,21)12(18)8-9/h2*2-3,12,15,19,21H,4-8H2,1H3;2-5,12,15,19,21H,6-8H2,1H3/t3*12?,15-,16?,17+/m000/s1. The zero-order chi connectivity index (χ0) is 45.8. The maximum absolute atomic E-state index is 12.5. The maximum atomic E-state index is 12.5. The summed E-state index contributed by atoms with van der Waals surface area (Å²) in [5.41, 5.74) is 0.758. The normalized spacial score (nSPS) is 41.8. The second-order valence-corrected chi connectivity index (χ2v) is 21.4. The Morgan fingerprint density at radius 3 is 1.35 bits per heavy atom. The third-order valence-electron chi connectivity index (χ3n) is 19.2. The highest BCUT2D eigenvalue weighted by molar-refractivity contribution is 5.99. The number of piperidine rings is 3. The summed E-state index contributed by atoms with van der Waals surface area (Å²) in [7, 11) is 6.10. The predicted octanol–water partition coefficient (Wildman–Crippen LogP) is 2.01. The van der Waals surface area contributed by atoms with E-state index in [1.165, 1.54) is 6.08 Å². The number of Topliss-reactive ketones (excluding diaryl/α,β-unsaturated/α-hetero) is 2. The van der Waals surface area contributed by atoms with Gasteiger partial charge in [0.2, 0.25) is 0 Å². The summed E-state index contributed by atoms with van der Waals surface area (Å²) in [6.45, 7) is 2.45. The predicted molar refractivity (Wildman–Crippen MR) is 234 cm³/mol.